The molecule has 1 unspecified atom stereocenters. The summed E-state index contributed by atoms with van der Waals surface area (Å²) in [6.45, 7) is 6.77. The topological polar surface area (TPSA) is 66.0 Å². The quantitative estimate of drug-likeness (QED) is 0.567. The Balaban J connectivity index is 3.28. The maximum absolute atomic E-state index is 11.1. The number of carbonyl (C=O) groups is 1. The van der Waals surface area contributed by atoms with Crippen molar-refractivity contribution in [2.75, 3.05) is 46.7 Å². The van der Waals surface area contributed by atoms with Crippen molar-refractivity contribution in [3.05, 3.63) is 0 Å². The van der Waals surface area contributed by atoms with Crippen LogP contribution in [0, 0.1) is 0 Å². The second-order valence-electron chi connectivity index (χ2n) is 3.81. The fourth-order valence-corrected chi connectivity index (χ4v) is 1.10. The van der Waals surface area contributed by atoms with E-state index in [9.17, 15) is 4.79 Å². The molecule has 1 N–H and O–H groups in total. The first kappa shape index (κ1) is 17.2. The van der Waals surface area contributed by atoms with E-state index in [1.165, 1.54) is 0 Å². The largest absolute Gasteiger partial charge is 0.447 e. The molecule has 0 saturated carbocycles. The van der Waals surface area contributed by atoms with Crippen LogP contribution < -0.4 is 5.32 Å². The van der Waals surface area contributed by atoms with Crippen LogP contribution in [0.15, 0.2) is 0 Å². The first-order valence-corrected chi connectivity index (χ1v) is 6.29. The normalized spacial score (nSPS) is 12.2. The molecule has 0 radical (unpaired) electrons. The molecule has 6 heteroatoms. The highest BCUT2D eigenvalue weighted by atomic mass is 16.6. The standard InChI is InChI=1S/C12H25NO5/c1-4-5-13-12(14)18-9-8-17-11(2)10-16-7-6-15-3/h11H,4-10H2,1-3H3,(H,13,14). The zero-order valence-corrected chi connectivity index (χ0v) is 11.6. The maximum Gasteiger partial charge on any atom is 0.407 e. The van der Waals surface area contributed by atoms with Gasteiger partial charge in [0.15, 0.2) is 0 Å². The van der Waals surface area contributed by atoms with Crippen molar-refractivity contribution in [3.63, 3.8) is 0 Å². The fourth-order valence-electron chi connectivity index (χ4n) is 1.10. The molecule has 0 aliphatic rings. The SMILES string of the molecule is CCCNC(=O)OCCOC(C)COCCOC. The number of alkyl carbamates (subject to hydrolysis) is 1. The minimum atomic E-state index is -0.399. The van der Waals surface area contributed by atoms with Gasteiger partial charge in [-0.2, -0.15) is 0 Å². The number of hydrogen-bond acceptors (Lipinski definition) is 5. The number of methoxy groups -OCH3 is 1. The minimum absolute atomic E-state index is 0.0239. The van der Waals surface area contributed by atoms with Gasteiger partial charge in [0.25, 0.3) is 0 Å². The summed E-state index contributed by atoms with van der Waals surface area (Å²) in [5.41, 5.74) is 0. The number of rotatable bonds is 11. The molecule has 0 aromatic rings. The predicted molar refractivity (Wildman–Crippen MR) is 67.8 cm³/mol. The lowest BCUT2D eigenvalue weighted by Gasteiger charge is -2.13. The molecule has 0 aliphatic carbocycles. The second kappa shape index (κ2) is 12.6. The highest BCUT2D eigenvalue weighted by Crippen LogP contribution is 1.92. The molecule has 0 saturated heterocycles. The van der Waals surface area contributed by atoms with Crippen molar-refractivity contribution < 1.29 is 23.7 Å². The molecule has 108 valence electrons. The average Bonchev–Trinajstić information content (AvgIpc) is 2.37. The molecule has 0 heterocycles. The van der Waals surface area contributed by atoms with Crippen LogP contribution in [0.1, 0.15) is 20.3 Å². The zero-order chi connectivity index (χ0) is 13.6. The molecule has 0 bridgehead atoms. The van der Waals surface area contributed by atoms with Crippen molar-refractivity contribution in [2.45, 2.75) is 26.4 Å². The molecular formula is C12H25NO5. The molecule has 18 heavy (non-hydrogen) atoms. The first-order chi connectivity index (χ1) is 8.70. The molecule has 1 atom stereocenters. The lowest BCUT2D eigenvalue weighted by molar-refractivity contribution is -0.0294. The van der Waals surface area contributed by atoms with Crippen LogP contribution in [0.5, 0.6) is 0 Å². The van der Waals surface area contributed by atoms with Gasteiger partial charge in [-0.15, -0.1) is 0 Å². The Labute approximate surface area is 109 Å². The lowest BCUT2D eigenvalue weighted by Crippen LogP contribution is -2.27. The molecular weight excluding hydrogens is 238 g/mol. The summed E-state index contributed by atoms with van der Waals surface area (Å²) in [5.74, 6) is 0. The van der Waals surface area contributed by atoms with E-state index in [0.717, 1.165) is 6.42 Å². The van der Waals surface area contributed by atoms with Crippen molar-refractivity contribution in [3.8, 4) is 0 Å². The summed E-state index contributed by atoms with van der Waals surface area (Å²) in [6, 6.07) is 0. The summed E-state index contributed by atoms with van der Waals surface area (Å²) >= 11 is 0. The van der Waals surface area contributed by atoms with Gasteiger partial charge < -0.3 is 24.3 Å². The Hall–Kier alpha value is -0.850. The van der Waals surface area contributed by atoms with E-state index in [1.54, 1.807) is 7.11 Å². The smallest absolute Gasteiger partial charge is 0.407 e. The van der Waals surface area contributed by atoms with Gasteiger partial charge in [0.05, 0.1) is 32.5 Å². The van der Waals surface area contributed by atoms with E-state index in [1.807, 2.05) is 13.8 Å². The Bertz CT molecular complexity index is 201. The molecule has 0 aromatic carbocycles. The third kappa shape index (κ3) is 11.6. The monoisotopic (exact) mass is 263 g/mol. The summed E-state index contributed by atoms with van der Waals surface area (Å²) in [5, 5.41) is 2.61. The van der Waals surface area contributed by atoms with E-state index in [0.29, 0.717) is 33.0 Å². The van der Waals surface area contributed by atoms with E-state index >= 15 is 0 Å². The molecule has 0 aromatic heterocycles. The number of nitrogens with one attached hydrogen (secondary N) is 1. The van der Waals surface area contributed by atoms with Crippen LogP contribution in [-0.4, -0.2) is 58.9 Å². The van der Waals surface area contributed by atoms with E-state index < -0.39 is 6.09 Å². The first-order valence-electron chi connectivity index (χ1n) is 6.29. The summed E-state index contributed by atoms with van der Waals surface area (Å²) in [6.07, 6.45) is 0.468. The summed E-state index contributed by atoms with van der Waals surface area (Å²) in [4.78, 5) is 11.1. The minimum Gasteiger partial charge on any atom is -0.447 e. The van der Waals surface area contributed by atoms with Crippen LogP contribution in [0.25, 0.3) is 0 Å². The third-order valence-electron chi connectivity index (χ3n) is 2.02. The van der Waals surface area contributed by atoms with Gasteiger partial charge in [-0.3, -0.25) is 0 Å². The number of amides is 1. The second-order valence-corrected chi connectivity index (χ2v) is 3.81. The Morgan fingerprint density at radius 2 is 2.00 bits per heavy atom. The molecule has 0 rings (SSSR count). The fraction of sp³-hybridized carbons (Fsp3) is 0.917. The third-order valence-corrected chi connectivity index (χ3v) is 2.02. The predicted octanol–water partition coefficient (Wildman–Crippen LogP) is 1.19. The van der Waals surface area contributed by atoms with Gasteiger partial charge in [-0.1, -0.05) is 6.92 Å². The van der Waals surface area contributed by atoms with Gasteiger partial charge in [-0.05, 0) is 13.3 Å². The highest BCUT2D eigenvalue weighted by molar-refractivity contribution is 5.66. The van der Waals surface area contributed by atoms with Crippen LogP contribution in [0.2, 0.25) is 0 Å². The number of carbonyl (C=O) groups excluding carboxylic acids is 1. The van der Waals surface area contributed by atoms with Crippen LogP contribution in [-0.2, 0) is 18.9 Å². The van der Waals surface area contributed by atoms with Crippen molar-refractivity contribution >= 4 is 6.09 Å². The van der Waals surface area contributed by atoms with Crippen LogP contribution in [0.3, 0.4) is 0 Å². The molecule has 0 aliphatic heterocycles. The molecule has 0 spiro atoms. The van der Waals surface area contributed by atoms with Gasteiger partial charge in [-0.25, -0.2) is 4.79 Å². The van der Waals surface area contributed by atoms with Crippen molar-refractivity contribution in [1.82, 2.24) is 5.32 Å². The van der Waals surface area contributed by atoms with Crippen LogP contribution in [0.4, 0.5) is 4.79 Å². The average molecular weight is 263 g/mol. The molecule has 0 fully saturated rings. The van der Waals surface area contributed by atoms with Crippen molar-refractivity contribution in [1.29, 1.82) is 0 Å². The number of ether oxygens (including phenoxy) is 4. The molecule has 6 nitrogen and oxygen atoms in total. The molecule has 1 amide bonds. The lowest BCUT2D eigenvalue weighted by atomic mass is 10.4. The van der Waals surface area contributed by atoms with Crippen molar-refractivity contribution in [2.24, 2.45) is 0 Å². The van der Waals surface area contributed by atoms with Gasteiger partial charge in [0.2, 0.25) is 0 Å². The van der Waals surface area contributed by atoms with E-state index in [-0.39, 0.29) is 12.7 Å². The summed E-state index contributed by atoms with van der Waals surface area (Å²) in [7, 11) is 1.63. The Kier molecular flexibility index (Phi) is 12.0. The highest BCUT2D eigenvalue weighted by Gasteiger charge is 2.04. The van der Waals surface area contributed by atoms with E-state index in [2.05, 4.69) is 5.32 Å². The summed E-state index contributed by atoms with van der Waals surface area (Å²) < 4.78 is 20.5. The van der Waals surface area contributed by atoms with Gasteiger partial charge >= 0.3 is 6.09 Å². The number of hydrogen-bond donors (Lipinski definition) is 1. The van der Waals surface area contributed by atoms with E-state index in [4.69, 9.17) is 18.9 Å². The Morgan fingerprint density at radius 3 is 2.67 bits per heavy atom. The Morgan fingerprint density at radius 1 is 1.22 bits per heavy atom. The maximum atomic E-state index is 11.1. The van der Waals surface area contributed by atoms with Crippen LogP contribution >= 0.6 is 0 Å². The zero-order valence-electron chi connectivity index (χ0n) is 11.6. The van der Waals surface area contributed by atoms with Gasteiger partial charge in [0, 0.05) is 13.7 Å². The van der Waals surface area contributed by atoms with Gasteiger partial charge in [0.1, 0.15) is 6.61 Å².